The second-order valence-electron chi connectivity index (χ2n) is 4.63. The van der Waals surface area contributed by atoms with Gasteiger partial charge in [0, 0.05) is 5.56 Å². The molecule has 0 N–H and O–H groups in total. The van der Waals surface area contributed by atoms with E-state index in [4.69, 9.17) is 0 Å². The van der Waals surface area contributed by atoms with E-state index in [1.54, 1.807) is 0 Å². The van der Waals surface area contributed by atoms with Crippen molar-refractivity contribution in [1.82, 2.24) is 9.38 Å². The largest absolute Gasteiger partial charge is 0.299 e. The normalized spacial score (nSPS) is 10.6. The monoisotopic (exact) mass is 280 g/mol. The summed E-state index contributed by atoms with van der Waals surface area (Å²) in [5, 5.41) is 2.53. The minimum atomic E-state index is 0. The Hall–Kier alpha value is -2.32. The molecule has 0 saturated carbocycles. The lowest BCUT2D eigenvalue weighted by Gasteiger charge is -2.09. The molecule has 0 saturated heterocycles. The Morgan fingerprint density at radius 1 is 0.800 bits per heavy atom. The number of rotatable bonds is 1. The van der Waals surface area contributed by atoms with Gasteiger partial charge in [0.05, 0.1) is 23.7 Å². The molecule has 98 valence electrons. The predicted octanol–water partition coefficient (Wildman–Crippen LogP) is 4.58. The van der Waals surface area contributed by atoms with Gasteiger partial charge in [-0.1, -0.05) is 48.5 Å². The first-order chi connectivity index (χ1) is 9.43. The number of hydrogen-bond acceptors (Lipinski definition) is 1. The lowest BCUT2D eigenvalue weighted by atomic mass is 10.0. The lowest BCUT2D eigenvalue weighted by molar-refractivity contribution is 1.16. The maximum Gasteiger partial charge on any atom is 0.0997 e. The van der Waals surface area contributed by atoms with Gasteiger partial charge in [-0.2, -0.15) is 0 Å². The third-order valence-corrected chi connectivity index (χ3v) is 3.51. The quantitative estimate of drug-likeness (QED) is 0.499. The maximum absolute atomic E-state index is 4.23. The Bertz CT molecular complexity index is 875. The number of hydrogen-bond donors (Lipinski definition) is 0. The first-order valence-corrected chi connectivity index (χ1v) is 6.33. The van der Waals surface area contributed by atoms with Gasteiger partial charge in [0.1, 0.15) is 0 Å². The molecule has 2 heterocycles. The zero-order valence-corrected chi connectivity index (χ0v) is 11.5. The van der Waals surface area contributed by atoms with Gasteiger partial charge in [-0.25, -0.2) is 4.98 Å². The number of pyridine rings is 1. The summed E-state index contributed by atoms with van der Waals surface area (Å²) < 4.78 is 2.13. The summed E-state index contributed by atoms with van der Waals surface area (Å²) in [6, 6.07) is 21.2. The number of imidazole rings is 1. The van der Waals surface area contributed by atoms with Gasteiger partial charge in [-0.05, 0) is 22.9 Å². The van der Waals surface area contributed by atoms with Crippen LogP contribution in [0.1, 0.15) is 0 Å². The molecular formula is C17H13ClN2. The molecule has 0 radical (unpaired) electrons. The van der Waals surface area contributed by atoms with Crippen molar-refractivity contribution in [3.8, 4) is 11.3 Å². The first-order valence-electron chi connectivity index (χ1n) is 6.33. The third-order valence-electron chi connectivity index (χ3n) is 3.51. The van der Waals surface area contributed by atoms with Gasteiger partial charge < -0.3 is 0 Å². The molecule has 2 nitrogen and oxygen atoms in total. The molecular weight excluding hydrogens is 268 g/mol. The molecule has 0 bridgehead atoms. The highest BCUT2D eigenvalue weighted by atomic mass is 35.5. The summed E-state index contributed by atoms with van der Waals surface area (Å²) in [5.41, 5.74) is 3.53. The first kappa shape index (κ1) is 12.7. The van der Waals surface area contributed by atoms with Crippen LogP contribution >= 0.6 is 12.4 Å². The maximum atomic E-state index is 4.23. The van der Waals surface area contributed by atoms with Gasteiger partial charge >= 0.3 is 0 Å². The minimum Gasteiger partial charge on any atom is -0.299 e. The summed E-state index contributed by atoms with van der Waals surface area (Å²) in [4.78, 5) is 4.23. The lowest BCUT2D eigenvalue weighted by Crippen LogP contribution is -1.90. The van der Waals surface area contributed by atoms with Crippen molar-refractivity contribution in [1.29, 1.82) is 0 Å². The molecule has 4 rings (SSSR count). The standard InChI is InChI=1S/C17H12N2.ClH/c1-2-8-15-13(5-1)6-3-9-16(15)17-10-4-7-14-11-18-12-19(14)17;/h1-12H;1H. The van der Waals surface area contributed by atoms with Gasteiger partial charge in [0.2, 0.25) is 0 Å². The van der Waals surface area contributed by atoms with Gasteiger partial charge in [-0.3, -0.25) is 4.40 Å². The van der Waals surface area contributed by atoms with E-state index < -0.39 is 0 Å². The van der Waals surface area contributed by atoms with E-state index in [1.807, 2.05) is 12.5 Å². The highest BCUT2D eigenvalue weighted by Gasteiger charge is 2.06. The molecule has 0 fully saturated rings. The van der Waals surface area contributed by atoms with Crippen molar-refractivity contribution in [3.05, 3.63) is 73.2 Å². The van der Waals surface area contributed by atoms with E-state index in [9.17, 15) is 0 Å². The predicted molar refractivity (Wildman–Crippen MR) is 85.4 cm³/mol. The molecule has 0 aliphatic heterocycles. The van der Waals surface area contributed by atoms with Crippen LogP contribution in [0, 0.1) is 0 Å². The van der Waals surface area contributed by atoms with E-state index in [1.165, 1.54) is 22.0 Å². The van der Waals surface area contributed by atoms with Crippen LogP contribution in [-0.4, -0.2) is 9.38 Å². The summed E-state index contributed by atoms with van der Waals surface area (Å²) in [6.45, 7) is 0. The second kappa shape index (κ2) is 4.99. The summed E-state index contributed by atoms with van der Waals surface area (Å²) in [6.07, 6.45) is 3.75. The smallest absolute Gasteiger partial charge is 0.0997 e. The molecule has 0 atom stereocenters. The molecule has 0 spiro atoms. The second-order valence-corrected chi connectivity index (χ2v) is 4.63. The minimum absolute atomic E-state index is 0. The van der Waals surface area contributed by atoms with Crippen molar-refractivity contribution < 1.29 is 0 Å². The van der Waals surface area contributed by atoms with Gasteiger partial charge in [-0.15, -0.1) is 12.4 Å². The summed E-state index contributed by atoms with van der Waals surface area (Å²) in [7, 11) is 0. The van der Waals surface area contributed by atoms with Crippen molar-refractivity contribution in [2.24, 2.45) is 0 Å². The highest BCUT2D eigenvalue weighted by molar-refractivity contribution is 5.96. The highest BCUT2D eigenvalue weighted by Crippen LogP contribution is 2.28. The fraction of sp³-hybridized carbons (Fsp3) is 0. The Kier molecular flexibility index (Phi) is 3.17. The Balaban J connectivity index is 0.00000121. The van der Waals surface area contributed by atoms with E-state index in [0.29, 0.717) is 0 Å². The Morgan fingerprint density at radius 2 is 1.60 bits per heavy atom. The van der Waals surface area contributed by atoms with Crippen LogP contribution in [0.3, 0.4) is 0 Å². The number of nitrogens with zero attached hydrogens (tertiary/aromatic N) is 2. The SMILES string of the molecule is Cl.c1ccc2c(-c3cccc4cncn34)cccc2c1. The van der Waals surface area contributed by atoms with Crippen molar-refractivity contribution in [2.75, 3.05) is 0 Å². The topological polar surface area (TPSA) is 17.3 Å². The average molecular weight is 281 g/mol. The van der Waals surface area contributed by atoms with Crippen LogP contribution in [0.15, 0.2) is 73.2 Å². The fourth-order valence-electron chi connectivity index (χ4n) is 2.62. The Morgan fingerprint density at radius 3 is 2.55 bits per heavy atom. The van der Waals surface area contributed by atoms with E-state index >= 15 is 0 Å². The van der Waals surface area contributed by atoms with Crippen LogP contribution < -0.4 is 0 Å². The molecule has 0 aliphatic carbocycles. The molecule has 3 heteroatoms. The molecule has 4 aromatic rings. The van der Waals surface area contributed by atoms with Crippen LogP contribution in [-0.2, 0) is 0 Å². The van der Waals surface area contributed by atoms with Crippen LogP contribution in [0.5, 0.6) is 0 Å². The number of fused-ring (bicyclic) bond motifs is 2. The van der Waals surface area contributed by atoms with Crippen molar-refractivity contribution in [3.63, 3.8) is 0 Å². The molecule has 20 heavy (non-hydrogen) atoms. The molecule has 0 amide bonds. The third kappa shape index (κ3) is 1.86. The van der Waals surface area contributed by atoms with E-state index in [0.717, 1.165) is 5.52 Å². The van der Waals surface area contributed by atoms with E-state index in [-0.39, 0.29) is 12.4 Å². The summed E-state index contributed by atoms with van der Waals surface area (Å²) >= 11 is 0. The van der Waals surface area contributed by atoms with Crippen molar-refractivity contribution >= 4 is 28.7 Å². The fourth-order valence-corrected chi connectivity index (χ4v) is 2.62. The zero-order chi connectivity index (χ0) is 12.7. The van der Waals surface area contributed by atoms with Crippen LogP contribution in [0.2, 0.25) is 0 Å². The van der Waals surface area contributed by atoms with Crippen molar-refractivity contribution in [2.45, 2.75) is 0 Å². The number of benzene rings is 2. The summed E-state index contributed by atoms with van der Waals surface area (Å²) in [5.74, 6) is 0. The van der Waals surface area contributed by atoms with E-state index in [2.05, 4.69) is 70.0 Å². The molecule has 0 unspecified atom stereocenters. The molecule has 0 aliphatic rings. The molecule has 2 aromatic heterocycles. The van der Waals surface area contributed by atoms with Gasteiger partial charge in [0.25, 0.3) is 0 Å². The Labute approximate surface area is 123 Å². The number of aromatic nitrogens is 2. The van der Waals surface area contributed by atoms with Crippen LogP contribution in [0.4, 0.5) is 0 Å². The van der Waals surface area contributed by atoms with Gasteiger partial charge in [0.15, 0.2) is 0 Å². The zero-order valence-electron chi connectivity index (χ0n) is 10.7. The average Bonchev–Trinajstić information content (AvgIpc) is 2.95. The van der Waals surface area contributed by atoms with Crippen LogP contribution in [0.25, 0.3) is 27.5 Å². The number of halogens is 1. The molecule has 2 aromatic carbocycles.